The Bertz CT molecular complexity index is 1060. The first kappa shape index (κ1) is 32.2. The summed E-state index contributed by atoms with van der Waals surface area (Å²) in [6.45, 7) is 12.4. The van der Waals surface area contributed by atoms with Crippen molar-refractivity contribution in [3.05, 3.63) is 47.1 Å². The number of fused-ring (bicyclic) bond motifs is 3. The van der Waals surface area contributed by atoms with Gasteiger partial charge in [-0.25, -0.2) is 0 Å². The summed E-state index contributed by atoms with van der Waals surface area (Å²) in [5.41, 5.74) is 0.860. The summed E-state index contributed by atoms with van der Waals surface area (Å²) in [6.07, 6.45) is 13.4. The maximum Gasteiger partial charge on any atom is 0.316 e. The maximum atomic E-state index is 14.0. The zero-order valence-electron chi connectivity index (χ0n) is 26.1. The van der Waals surface area contributed by atoms with Gasteiger partial charge in [0.2, 0.25) is 0 Å². The number of ether oxygens (including phenoxy) is 4. The Morgan fingerprint density at radius 3 is 2.59 bits per heavy atom. The van der Waals surface area contributed by atoms with Crippen LogP contribution in [-0.2, 0) is 23.7 Å². The second kappa shape index (κ2) is 13.3. The fraction of sp³-hybridized carbons (Fsp3) is 0.735. The van der Waals surface area contributed by atoms with Crippen LogP contribution in [0.1, 0.15) is 86.5 Å². The van der Waals surface area contributed by atoms with Gasteiger partial charge in [-0.15, -0.1) is 0 Å². The van der Waals surface area contributed by atoms with E-state index < -0.39 is 29.4 Å². The summed E-state index contributed by atoms with van der Waals surface area (Å²) in [5, 5.41) is 22.5. The fourth-order valence-electron chi connectivity index (χ4n) is 7.29. The number of carbonyl (C=O) groups is 1. The van der Waals surface area contributed by atoms with E-state index in [1.54, 1.807) is 19.3 Å². The van der Waals surface area contributed by atoms with Crippen LogP contribution in [-0.4, -0.2) is 65.7 Å². The van der Waals surface area contributed by atoms with E-state index in [1.807, 2.05) is 13.0 Å². The van der Waals surface area contributed by atoms with Crippen LogP contribution >= 0.6 is 0 Å². The molecular weight excluding hydrogens is 520 g/mol. The van der Waals surface area contributed by atoms with E-state index >= 15 is 0 Å². The van der Waals surface area contributed by atoms with Gasteiger partial charge in [-0.05, 0) is 62.0 Å². The highest BCUT2D eigenvalue weighted by molar-refractivity contribution is 5.78. The highest BCUT2D eigenvalue weighted by Gasteiger charge is 2.52. The average Bonchev–Trinajstić information content (AvgIpc) is 2.91. The number of allylic oxidation sites excluding steroid dienone is 4. The summed E-state index contributed by atoms with van der Waals surface area (Å²) in [5.74, 6) is -1.24. The molecule has 0 saturated carbocycles. The molecule has 9 atom stereocenters. The second-order valence-electron chi connectivity index (χ2n) is 13.4. The minimum Gasteiger partial charge on any atom is -0.462 e. The quantitative estimate of drug-likeness (QED) is 0.326. The monoisotopic (exact) mass is 572 g/mol. The molecule has 0 aromatic rings. The smallest absolute Gasteiger partial charge is 0.316 e. The maximum absolute atomic E-state index is 14.0. The standard InChI is InChI=1S/C34H52O7/c1-21(2)31-24(5)13-14-33(41-31)18-28-17-27(40-33)12-11-23(4)15-22(3)9-8-10-26(20-35)34(37)19-30(38-7)25(6)16-29(34)32(36)39-28/h8-11,16,21-22,24,27-31,35,37H,12-15,17-20H2,1-7H3. The van der Waals surface area contributed by atoms with Crippen LogP contribution < -0.4 is 0 Å². The first-order chi connectivity index (χ1) is 19.4. The summed E-state index contributed by atoms with van der Waals surface area (Å²) in [4.78, 5) is 14.0. The Balaban J connectivity index is 1.73. The van der Waals surface area contributed by atoms with Crippen molar-refractivity contribution in [1.29, 1.82) is 0 Å². The van der Waals surface area contributed by atoms with Crippen LogP contribution in [0, 0.1) is 23.7 Å². The van der Waals surface area contributed by atoms with Crippen molar-refractivity contribution in [1.82, 2.24) is 0 Å². The summed E-state index contributed by atoms with van der Waals surface area (Å²) in [6, 6.07) is 0. The molecule has 4 aliphatic rings. The Kier molecular flexibility index (Phi) is 10.4. The molecule has 4 rings (SSSR count). The predicted molar refractivity (Wildman–Crippen MR) is 159 cm³/mol. The molecule has 1 spiro atoms. The molecule has 41 heavy (non-hydrogen) atoms. The molecule has 0 aromatic heterocycles. The van der Waals surface area contributed by atoms with Gasteiger partial charge in [0.15, 0.2) is 5.79 Å². The molecule has 3 aliphatic heterocycles. The van der Waals surface area contributed by atoms with E-state index in [4.69, 9.17) is 18.9 Å². The number of methoxy groups -OCH3 is 1. The Morgan fingerprint density at radius 1 is 1.15 bits per heavy atom. The van der Waals surface area contributed by atoms with Crippen LogP contribution in [0.4, 0.5) is 0 Å². The van der Waals surface area contributed by atoms with Crippen LogP contribution in [0.5, 0.6) is 0 Å². The lowest BCUT2D eigenvalue weighted by Crippen LogP contribution is -2.56. The largest absolute Gasteiger partial charge is 0.462 e. The lowest BCUT2D eigenvalue weighted by atomic mass is 9.71. The number of aliphatic hydroxyl groups excluding tert-OH is 1. The molecule has 7 heteroatoms. The van der Waals surface area contributed by atoms with Crippen molar-refractivity contribution in [2.75, 3.05) is 13.7 Å². The van der Waals surface area contributed by atoms with Crippen LogP contribution in [0.25, 0.3) is 0 Å². The molecule has 0 aromatic carbocycles. The third-order valence-electron chi connectivity index (χ3n) is 9.60. The number of esters is 1. The predicted octanol–water partition coefficient (Wildman–Crippen LogP) is 5.81. The van der Waals surface area contributed by atoms with Gasteiger partial charge in [0.1, 0.15) is 17.6 Å². The van der Waals surface area contributed by atoms with Gasteiger partial charge in [-0.2, -0.15) is 0 Å². The zero-order valence-corrected chi connectivity index (χ0v) is 26.1. The molecule has 0 radical (unpaired) electrons. The first-order valence-electron chi connectivity index (χ1n) is 15.5. The molecule has 2 fully saturated rings. The van der Waals surface area contributed by atoms with Crippen molar-refractivity contribution in [2.24, 2.45) is 23.7 Å². The second-order valence-corrected chi connectivity index (χ2v) is 13.4. The third-order valence-corrected chi connectivity index (χ3v) is 9.60. The van der Waals surface area contributed by atoms with Crippen molar-refractivity contribution in [3.8, 4) is 0 Å². The number of rotatable bonds is 3. The molecule has 2 saturated heterocycles. The van der Waals surface area contributed by atoms with E-state index in [0.717, 1.165) is 31.3 Å². The Hall–Kier alpha value is -1.77. The molecule has 2 bridgehead atoms. The van der Waals surface area contributed by atoms with E-state index in [0.29, 0.717) is 30.3 Å². The Morgan fingerprint density at radius 2 is 1.90 bits per heavy atom. The molecule has 1 aliphatic carbocycles. The van der Waals surface area contributed by atoms with Crippen molar-refractivity contribution in [3.63, 3.8) is 0 Å². The Labute approximate surface area is 246 Å². The SMILES string of the molecule is COC1CC2(O)C(CO)=CC=CC(C)CC(C)=CCC3CC(CC4(CCC(C)C(C(C)C)O4)O3)OC(=O)C2C=C1C. The molecular formula is C34H52O7. The summed E-state index contributed by atoms with van der Waals surface area (Å²) >= 11 is 0. The minimum absolute atomic E-state index is 0.0684. The molecule has 7 nitrogen and oxygen atoms in total. The van der Waals surface area contributed by atoms with E-state index in [9.17, 15) is 15.0 Å². The molecule has 230 valence electrons. The van der Waals surface area contributed by atoms with Crippen molar-refractivity contribution >= 4 is 5.97 Å². The van der Waals surface area contributed by atoms with Gasteiger partial charge in [-0.3, -0.25) is 4.79 Å². The van der Waals surface area contributed by atoms with Gasteiger partial charge in [0, 0.05) is 32.8 Å². The molecule has 3 heterocycles. The zero-order chi connectivity index (χ0) is 29.9. The van der Waals surface area contributed by atoms with Gasteiger partial charge in [0.25, 0.3) is 0 Å². The lowest BCUT2D eigenvalue weighted by Gasteiger charge is -2.50. The minimum atomic E-state index is -1.64. The average molecular weight is 573 g/mol. The molecule has 0 amide bonds. The third kappa shape index (κ3) is 7.24. The molecule has 9 unspecified atom stereocenters. The van der Waals surface area contributed by atoms with Gasteiger partial charge in [0.05, 0.1) is 24.9 Å². The van der Waals surface area contributed by atoms with E-state index in [2.05, 4.69) is 46.8 Å². The number of hydrogen-bond donors (Lipinski definition) is 2. The van der Waals surface area contributed by atoms with Crippen molar-refractivity contribution < 1.29 is 34.0 Å². The number of aliphatic hydroxyl groups is 2. The van der Waals surface area contributed by atoms with Gasteiger partial charge < -0.3 is 29.2 Å². The van der Waals surface area contributed by atoms with Crippen LogP contribution in [0.2, 0.25) is 0 Å². The number of carbonyl (C=O) groups excluding carboxylic acids is 1. The highest BCUT2D eigenvalue weighted by atomic mass is 16.7. The first-order valence-corrected chi connectivity index (χ1v) is 15.5. The highest BCUT2D eigenvalue weighted by Crippen LogP contribution is 2.45. The number of hydrogen-bond acceptors (Lipinski definition) is 7. The van der Waals surface area contributed by atoms with Gasteiger partial charge in [-0.1, -0.05) is 63.6 Å². The normalized spacial score (nSPS) is 40.9. The summed E-state index contributed by atoms with van der Waals surface area (Å²) < 4.78 is 25.4. The molecule has 2 N–H and O–H groups in total. The van der Waals surface area contributed by atoms with E-state index in [1.165, 1.54) is 5.57 Å². The van der Waals surface area contributed by atoms with E-state index in [-0.39, 0.29) is 37.3 Å². The van der Waals surface area contributed by atoms with Crippen LogP contribution in [0.15, 0.2) is 47.1 Å². The lowest BCUT2D eigenvalue weighted by molar-refractivity contribution is -0.340. The van der Waals surface area contributed by atoms with Gasteiger partial charge >= 0.3 is 5.97 Å². The topological polar surface area (TPSA) is 94.5 Å². The summed E-state index contributed by atoms with van der Waals surface area (Å²) in [7, 11) is 1.59. The fourth-order valence-corrected chi connectivity index (χ4v) is 7.29. The van der Waals surface area contributed by atoms with Crippen LogP contribution in [0.3, 0.4) is 0 Å². The van der Waals surface area contributed by atoms with Crippen molar-refractivity contribution in [2.45, 2.75) is 122 Å².